The van der Waals surface area contributed by atoms with Gasteiger partial charge in [-0.1, -0.05) is 30.0 Å². The van der Waals surface area contributed by atoms with Crippen LogP contribution in [0, 0.1) is 0 Å². The molecular formula is C16H14N6O4S. The van der Waals surface area contributed by atoms with Gasteiger partial charge in [0.1, 0.15) is 11.5 Å². The molecule has 0 aliphatic rings. The van der Waals surface area contributed by atoms with Crippen molar-refractivity contribution in [3.8, 4) is 17.2 Å². The first kappa shape index (κ1) is 18.2. The lowest BCUT2D eigenvalue weighted by Crippen LogP contribution is -2.42. The number of aromatic hydroxyl groups is 2. The molecular weight excluding hydrogens is 372 g/mol. The molecule has 3 rings (SSSR count). The zero-order valence-electron chi connectivity index (χ0n) is 13.7. The van der Waals surface area contributed by atoms with Crippen LogP contribution in [0.15, 0.2) is 53.7 Å². The smallest absolute Gasteiger partial charge is 0.273 e. The summed E-state index contributed by atoms with van der Waals surface area (Å²) in [5.74, 6) is -1.84. The Morgan fingerprint density at radius 3 is 2.59 bits per heavy atom. The third-order valence-electron chi connectivity index (χ3n) is 3.32. The summed E-state index contributed by atoms with van der Waals surface area (Å²) in [4.78, 5) is 23.9. The molecule has 2 amide bonds. The third kappa shape index (κ3) is 4.52. The number of carbonyl (C=O) groups is 2. The highest BCUT2D eigenvalue weighted by Gasteiger charge is 2.14. The standard InChI is InChI=1S/C16H14N6O4S/c23-11-6-7-12(13(24)8-11)15(26)18-17-14(25)9-27-16-19-20-21-22(16)10-4-2-1-3-5-10/h1-8,23-24H,9H2,(H,17,25)(H,18,26). The van der Waals surface area contributed by atoms with Crippen LogP contribution < -0.4 is 10.9 Å². The van der Waals surface area contributed by atoms with E-state index in [0.717, 1.165) is 23.5 Å². The lowest BCUT2D eigenvalue weighted by molar-refractivity contribution is -0.119. The molecule has 2 aromatic carbocycles. The second-order valence-corrected chi connectivity index (χ2v) is 6.14. The van der Waals surface area contributed by atoms with Crippen molar-refractivity contribution in [2.45, 2.75) is 5.16 Å². The summed E-state index contributed by atoms with van der Waals surface area (Å²) in [7, 11) is 0. The fourth-order valence-corrected chi connectivity index (χ4v) is 2.76. The molecule has 0 saturated carbocycles. The number of thioether (sulfide) groups is 1. The predicted octanol–water partition coefficient (Wildman–Crippen LogP) is 0.627. The number of hydrazine groups is 1. The van der Waals surface area contributed by atoms with E-state index < -0.39 is 17.6 Å². The fraction of sp³-hybridized carbons (Fsp3) is 0.0625. The Bertz CT molecular complexity index is 963. The molecule has 0 bridgehead atoms. The number of benzene rings is 2. The Labute approximate surface area is 157 Å². The highest BCUT2D eigenvalue weighted by Crippen LogP contribution is 2.22. The molecule has 10 nitrogen and oxygen atoms in total. The molecule has 3 aromatic rings. The SMILES string of the molecule is O=C(CSc1nnnn1-c1ccccc1)NNC(=O)c1ccc(O)cc1O. The predicted molar refractivity (Wildman–Crippen MR) is 95.3 cm³/mol. The molecule has 0 saturated heterocycles. The lowest BCUT2D eigenvalue weighted by Gasteiger charge is -2.08. The average molecular weight is 386 g/mol. The lowest BCUT2D eigenvalue weighted by atomic mass is 10.2. The van der Waals surface area contributed by atoms with Gasteiger partial charge in [0, 0.05) is 6.07 Å². The van der Waals surface area contributed by atoms with Crippen molar-refractivity contribution in [3.05, 3.63) is 54.1 Å². The minimum absolute atomic E-state index is 0.0466. The largest absolute Gasteiger partial charge is 0.508 e. The molecule has 0 spiro atoms. The molecule has 1 aromatic heterocycles. The summed E-state index contributed by atoms with van der Waals surface area (Å²) < 4.78 is 1.49. The molecule has 27 heavy (non-hydrogen) atoms. The van der Waals surface area contributed by atoms with Gasteiger partial charge in [-0.3, -0.25) is 20.4 Å². The van der Waals surface area contributed by atoms with Gasteiger partial charge in [-0.25, -0.2) is 0 Å². The van der Waals surface area contributed by atoms with Crippen LogP contribution in [-0.4, -0.2) is 48.0 Å². The first-order valence-corrected chi connectivity index (χ1v) is 8.61. The Kier molecular flexibility index (Phi) is 5.52. The number of nitrogens with zero attached hydrogens (tertiary/aromatic N) is 4. The molecule has 11 heteroatoms. The van der Waals surface area contributed by atoms with Crippen LogP contribution in [0.25, 0.3) is 5.69 Å². The molecule has 0 aliphatic carbocycles. The van der Waals surface area contributed by atoms with Gasteiger partial charge in [-0.15, -0.1) is 5.10 Å². The van der Waals surface area contributed by atoms with E-state index in [4.69, 9.17) is 0 Å². The minimum Gasteiger partial charge on any atom is -0.508 e. The van der Waals surface area contributed by atoms with Gasteiger partial charge in [0.05, 0.1) is 17.0 Å². The third-order valence-corrected chi connectivity index (χ3v) is 4.23. The Balaban J connectivity index is 1.54. The number of tetrazole rings is 1. The molecule has 1 heterocycles. The number of carbonyl (C=O) groups excluding carboxylic acids is 2. The topological polar surface area (TPSA) is 142 Å². The van der Waals surface area contributed by atoms with E-state index in [1.165, 1.54) is 16.8 Å². The number of rotatable bonds is 5. The zero-order valence-corrected chi connectivity index (χ0v) is 14.6. The number of phenols is 2. The van der Waals surface area contributed by atoms with Crippen molar-refractivity contribution < 1.29 is 19.8 Å². The number of hydrogen-bond acceptors (Lipinski definition) is 8. The summed E-state index contributed by atoms with van der Waals surface area (Å²) in [6, 6.07) is 12.7. The average Bonchev–Trinajstić information content (AvgIpc) is 3.14. The maximum absolute atomic E-state index is 11.9. The van der Waals surface area contributed by atoms with Gasteiger partial charge >= 0.3 is 0 Å². The van der Waals surface area contributed by atoms with E-state index in [2.05, 4.69) is 26.4 Å². The Morgan fingerprint density at radius 2 is 1.85 bits per heavy atom. The number of amides is 2. The van der Waals surface area contributed by atoms with Gasteiger partial charge < -0.3 is 10.2 Å². The maximum Gasteiger partial charge on any atom is 0.273 e. The maximum atomic E-state index is 11.9. The van der Waals surface area contributed by atoms with Crippen LogP contribution in [0.2, 0.25) is 0 Å². The van der Waals surface area contributed by atoms with Crippen molar-refractivity contribution in [1.29, 1.82) is 0 Å². The minimum atomic E-state index is -0.722. The first-order valence-electron chi connectivity index (χ1n) is 7.62. The van der Waals surface area contributed by atoms with Gasteiger partial charge in [-0.05, 0) is 34.7 Å². The Hall–Kier alpha value is -3.60. The van der Waals surface area contributed by atoms with E-state index in [-0.39, 0.29) is 17.1 Å². The molecule has 4 N–H and O–H groups in total. The van der Waals surface area contributed by atoms with Crippen LogP contribution in [0.1, 0.15) is 10.4 Å². The molecule has 0 unspecified atom stereocenters. The summed E-state index contributed by atoms with van der Waals surface area (Å²) in [6.45, 7) is 0. The molecule has 0 radical (unpaired) electrons. The van der Waals surface area contributed by atoms with Crippen molar-refractivity contribution in [3.63, 3.8) is 0 Å². The van der Waals surface area contributed by atoms with E-state index in [1.807, 2.05) is 30.3 Å². The summed E-state index contributed by atoms with van der Waals surface area (Å²) in [5, 5.41) is 30.6. The molecule has 0 aliphatic heterocycles. The van der Waals surface area contributed by atoms with E-state index in [0.29, 0.717) is 5.16 Å². The number of aromatic nitrogens is 4. The highest BCUT2D eigenvalue weighted by atomic mass is 32.2. The van der Waals surface area contributed by atoms with E-state index in [1.54, 1.807) is 0 Å². The van der Waals surface area contributed by atoms with Crippen LogP contribution >= 0.6 is 11.8 Å². The first-order chi connectivity index (χ1) is 13.0. The van der Waals surface area contributed by atoms with Crippen molar-refractivity contribution >= 4 is 23.6 Å². The summed E-state index contributed by atoms with van der Waals surface area (Å²) in [5.41, 5.74) is 5.08. The highest BCUT2D eigenvalue weighted by molar-refractivity contribution is 7.99. The number of phenolic OH excluding ortho intramolecular Hbond substituents is 2. The van der Waals surface area contributed by atoms with Gasteiger partial charge in [0.2, 0.25) is 11.1 Å². The summed E-state index contributed by atoms with van der Waals surface area (Å²) in [6.07, 6.45) is 0. The van der Waals surface area contributed by atoms with Crippen LogP contribution in [0.3, 0.4) is 0 Å². The van der Waals surface area contributed by atoms with Crippen LogP contribution in [0.4, 0.5) is 0 Å². The van der Waals surface area contributed by atoms with E-state index in [9.17, 15) is 19.8 Å². The van der Waals surface area contributed by atoms with Gasteiger partial charge in [0.15, 0.2) is 0 Å². The quantitative estimate of drug-likeness (QED) is 0.369. The summed E-state index contributed by atoms with van der Waals surface area (Å²) >= 11 is 1.09. The van der Waals surface area contributed by atoms with Crippen molar-refractivity contribution in [1.82, 2.24) is 31.1 Å². The molecule has 0 atom stereocenters. The second kappa shape index (κ2) is 8.19. The normalized spacial score (nSPS) is 10.4. The zero-order chi connectivity index (χ0) is 19.2. The molecule has 0 fully saturated rings. The van der Waals surface area contributed by atoms with E-state index >= 15 is 0 Å². The van der Waals surface area contributed by atoms with Crippen LogP contribution in [-0.2, 0) is 4.79 Å². The van der Waals surface area contributed by atoms with Crippen LogP contribution in [0.5, 0.6) is 11.5 Å². The van der Waals surface area contributed by atoms with Crippen molar-refractivity contribution in [2.75, 3.05) is 5.75 Å². The number of nitrogens with one attached hydrogen (secondary N) is 2. The number of para-hydroxylation sites is 1. The number of hydrogen-bond donors (Lipinski definition) is 4. The monoisotopic (exact) mass is 386 g/mol. The fourth-order valence-electron chi connectivity index (χ4n) is 2.07. The van der Waals surface area contributed by atoms with Crippen molar-refractivity contribution in [2.24, 2.45) is 0 Å². The second-order valence-electron chi connectivity index (χ2n) is 5.20. The van der Waals surface area contributed by atoms with Gasteiger partial charge in [-0.2, -0.15) is 4.68 Å². The Morgan fingerprint density at radius 1 is 1.07 bits per heavy atom. The molecule has 138 valence electrons. The van der Waals surface area contributed by atoms with Gasteiger partial charge in [0.25, 0.3) is 5.91 Å².